The smallest absolute Gasteiger partial charge is 0.253 e. The first-order valence-electron chi connectivity index (χ1n) is 9.98. The fourth-order valence-corrected chi connectivity index (χ4v) is 2.96. The number of hydrogen-bond donors (Lipinski definition) is 1. The standard InChI is InChI=1S/C21H35N3O2/c1-5-13-23(14-6-2)20(25)17-22-19-11-9-18(10-12-19)21(26)24(15-7-3)16-8-4/h9-12,22H,5-8,13-17H2,1-4H3. The molecule has 0 radical (unpaired) electrons. The normalized spacial score (nSPS) is 10.5. The van der Waals surface area contributed by atoms with Crippen LogP contribution < -0.4 is 5.32 Å². The van der Waals surface area contributed by atoms with Gasteiger partial charge in [0, 0.05) is 37.4 Å². The third kappa shape index (κ3) is 7.06. The molecule has 0 saturated carbocycles. The highest BCUT2D eigenvalue weighted by molar-refractivity contribution is 5.94. The lowest BCUT2D eigenvalue weighted by atomic mass is 10.1. The third-order valence-electron chi connectivity index (χ3n) is 4.19. The van der Waals surface area contributed by atoms with E-state index in [0.717, 1.165) is 57.5 Å². The zero-order valence-electron chi connectivity index (χ0n) is 16.9. The summed E-state index contributed by atoms with van der Waals surface area (Å²) < 4.78 is 0. The molecule has 5 heteroatoms. The van der Waals surface area contributed by atoms with E-state index < -0.39 is 0 Å². The number of benzene rings is 1. The van der Waals surface area contributed by atoms with E-state index in [4.69, 9.17) is 0 Å². The molecular weight excluding hydrogens is 326 g/mol. The Labute approximate surface area is 158 Å². The lowest BCUT2D eigenvalue weighted by Gasteiger charge is -2.22. The minimum Gasteiger partial charge on any atom is -0.376 e. The third-order valence-corrected chi connectivity index (χ3v) is 4.19. The highest BCUT2D eigenvalue weighted by atomic mass is 16.2. The van der Waals surface area contributed by atoms with Crippen molar-refractivity contribution >= 4 is 17.5 Å². The van der Waals surface area contributed by atoms with Gasteiger partial charge in [0.2, 0.25) is 5.91 Å². The number of carbonyl (C=O) groups is 2. The van der Waals surface area contributed by atoms with Gasteiger partial charge in [-0.3, -0.25) is 9.59 Å². The van der Waals surface area contributed by atoms with Gasteiger partial charge in [-0.2, -0.15) is 0 Å². The summed E-state index contributed by atoms with van der Waals surface area (Å²) in [6.07, 6.45) is 3.85. The molecule has 0 heterocycles. The number of nitrogens with one attached hydrogen (secondary N) is 1. The van der Waals surface area contributed by atoms with E-state index in [2.05, 4.69) is 33.0 Å². The topological polar surface area (TPSA) is 52.7 Å². The van der Waals surface area contributed by atoms with Gasteiger partial charge >= 0.3 is 0 Å². The highest BCUT2D eigenvalue weighted by Gasteiger charge is 2.14. The number of hydrogen-bond acceptors (Lipinski definition) is 3. The summed E-state index contributed by atoms with van der Waals surface area (Å²) >= 11 is 0. The molecule has 0 aromatic heterocycles. The molecule has 0 atom stereocenters. The van der Waals surface area contributed by atoms with Crippen LogP contribution in [0.4, 0.5) is 5.69 Å². The van der Waals surface area contributed by atoms with E-state index in [1.165, 1.54) is 0 Å². The summed E-state index contributed by atoms with van der Waals surface area (Å²) in [5, 5.41) is 3.17. The Kier molecular flexibility index (Phi) is 10.4. The van der Waals surface area contributed by atoms with Crippen LogP contribution in [-0.2, 0) is 4.79 Å². The first-order chi connectivity index (χ1) is 12.6. The highest BCUT2D eigenvalue weighted by Crippen LogP contribution is 2.12. The molecule has 5 nitrogen and oxygen atoms in total. The summed E-state index contributed by atoms with van der Waals surface area (Å²) in [6, 6.07) is 7.42. The van der Waals surface area contributed by atoms with Gasteiger partial charge in [0.25, 0.3) is 5.91 Å². The summed E-state index contributed by atoms with van der Waals surface area (Å²) in [4.78, 5) is 28.7. The lowest BCUT2D eigenvalue weighted by molar-refractivity contribution is -0.129. The number of amides is 2. The molecule has 0 aliphatic rings. The molecule has 26 heavy (non-hydrogen) atoms. The van der Waals surface area contributed by atoms with E-state index in [-0.39, 0.29) is 18.4 Å². The van der Waals surface area contributed by atoms with E-state index in [1.807, 2.05) is 34.1 Å². The van der Waals surface area contributed by atoms with Gasteiger partial charge in [-0.1, -0.05) is 27.7 Å². The van der Waals surface area contributed by atoms with Gasteiger partial charge in [-0.15, -0.1) is 0 Å². The monoisotopic (exact) mass is 361 g/mol. The Morgan fingerprint density at radius 3 is 1.69 bits per heavy atom. The van der Waals surface area contributed by atoms with Crippen LogP contribution in [0.15, 0.2) is 24.3 Å². The molecule has 0 aliphatic carbocycles. The van der Waals surface area contributed by atoms with Crippen LogP contribution in [0.1, 0.15) is 63.7 Å². The van der Waals surface area contributed by atoms with Crippen molar-refractivity contribution in [2.75, 3.05) is 38.0 Å². The van der Waals surface area contributed by atoms with Gasteiger partial charge in [0.1, 0.15) is 0 Å². The molecule has 0 bridgehead atoms. The van der Waals surface area contributed by atoms with Crippen molar-refractivity contribution in [1.29, 1.82) is 0 Å². The molecule has 1 rings (SSSR count). The second-order valence-electron chi connectivity index (χ2n) is 6.60. The van der Waals surface area contributed by atoms with Crippen molar-refractivity contribution in [3.63, 3.8) is 0 Å². The van der Waals surface area contributed by atoms with Crippen LogP contribution in [0.5, 0.6) is 0 Å². The second-order valence-corrected chi connectivity index (χ2v) is 6.60. The lowest BCUT2D eigenvalue weighted by Crippen LogP contribution is -2.36. The molecule has 0 fully saturated rings. The molecule has 0 unspecified atom stereocenters. The van der Waals surface area contributed by atoms with Gasteiger partial charge in [0.05, 0.1) is 6.54 Å². The van der Waals surface area contributed by atoms with E-state index >= 15 is 0 Å². The van der Waals surface area contributed by atoms with Crippen molar-refractivity contribution in [1.82, 2.24) is 9.80 Å². The van der Waals surface area contributed by atoms with E-state index in [1.54, 1.807) is 0 Å². The van der Waals surface area contributed by atoms with Crippen LogP contribution in [0.2, 0.25) is 0 Å². The van der Waals surface area contributed by atoms with E-state index in [0.29, 0.717) is 5.56 Å². The van der Waals surface area contributed by atoms with Crippen molar-refractivity contribution in [2.24, 2.45) is 0 Å². The minimum atomic E-state index is 0.0772. The van der Waals surface area contributed by atoms with Gasteiger partial charge in [-0.25, -0.2) is 0 Å². The van der Waals surface area contributed by atoms with Crippen LogP contribution in [-0.4, -0.2) is 54.3 Å². The number of rotatable bonds is 12. The predicted molar refractivity (Wildman–Crippen MR) is 109 cm³/mol. The summed E-state index contributed by atoms with van der Waals surface area (Å²) in [6.45, 7) is 11.8. The van der Waals surface area contributed by atoms with Crippen LogP contribution in [0.3, 0.4) is 0 Å². The van der Waals surface area contributed by atoms with Crippen molar-refractivity contribution in [2.45, 2.75) is 53.4 Å². The Balaban J connectivity index is 2.63. The Morgan fingerprint density at radius 2 is 1.23 bits per heavy atom. The Hall–Kier alpha value is -2.04. The van der Waals surface area contributed by atoms with Crippen molar-refractivity contribution < 1.29 is 9.59 Å². The van der Waals surface area contributed by atoms with Crippen LogP contribution >= 0.6 is 0 Å². The quantitative estimate of drug-likeness (QED) is 0.612. The Morgan fingerprint density at radius 1 is 0.769 bits per heavy atom. The fourth-order valence-electron chi connectivity index (χ4n) is 2.96. The average molecular weight is 362 g/mol. The zero-order chi connectivity index (χ0) is 19.4. The maximum Gasteiger partial charge on any atom is 0.253 e. The van der Waals surface area contributed by atoms with Crippen molar-refractivity contribution in [3.8, 4) is 0 Å². The number of nitrogens with zero attached hydrogens (tertiary/aromatic N) is 2. The van der Waals surface area contributed by atoms with E-state index in [9.17, 15) is 9.59 Å². The summed E-state index contributed by atoms with van der Waals surface area (Å²) in [7, 11) is 0. The number of carbonyl (C=O) groups excluding carboxylic acids is 2. The van der Waals surface area contributed by atoms with Crippen LogP contribution in [0.25, 0.3) is 0 Å². The van der Waals surface area contributed by atoms with Crippen LogP contribution in [0, 0.1) is 0 Å². The fraction of sp³-hybridized carbons (Fsp3) is 0.619. The minimum absolute atomic E-state index is 0.0772. The molecule has 1 aromatic rings. The summed E-state index contributed by atoms with van der Waals surface area (Å²) in [5.74, 6) is 0.194. The zero-order valence-corrected chi connectivity index (χ0v) is 16.9. The SMILES string of the molecule is CCCN(CCC)C(=O)CNc1ccc(C(=O)N(CCC)CCC)cc1. The summed E-state index contributed by atoms with van der Waals surface area (Å²) in [5.41, 5.74) is 1.56. The maximum absolute atomic E-state index is 12.6. The first kappa shape index (κ1) is 22.0. The second kappa shape index (κ2) is 12.3. The predicted octanol–water partition coefficient (Wildman–Crippen LogP) is 4.01. The molecular formula is C21H35N3O2. The van der Waals surface area contributed by atoms with Gasteiger partial charge in [0.15, 0.2) is 0 Å². The molecule has 0 saturated heterocycles. The van der Waals surface area contributed by atoms with Gasteiger partial charge in [-0.05, 0) is 49.9 Å². The molecule has 1 N–H and O–H groups in total. The molecule has 0 aliphatic heterocycles. The molecule has 146 valence electrons. The number of anilines is 1. The van der Waals surface area contributed by atoms with Gasteiger partial charge < -0.3 is 15.1 Å². The Bertz CT molecular complexity index is 531. The first-order valence-corrected chi connectivity index (χ1v) is 9.98. The molecule has 2 amide bonds. The van der Waals surface area contributed by atoms with Crippen molar-refractivity contribution in [3.05, 3.63) is 29.8 Å². The maximum atomic E-state index is 12.6. The average Bonchev–Trinajstić information content (AvgIpc) is 2.65. The largest absolute Gasteiger partial charge is 0.376 e. The molecule has 0 spiro atoms. The molecule has 1 aromatic carbocycles.